The largest absolute Gasteiger partial charge is 0.325 e. The van der Waals surface area contributed by atoms with Gasteiger partial charge in [0.25, 0.3) is 0 Å². The minimum Gasteiger partial charge on any atom is -0.325 e. The molecule has 0 aromatic heterocycles. The number of hydrogen-bond donors (Lipinski definition) is 1. The van der Waals surface area contributed by atoms with Gasteiger partial charge in [-0.25, -0.2) is 4.79 Å². The summed E-state index contributed by atoms with van der Waals surface area (Å²) < 4.78 is 0. The highest BCUT2D eigenvalue weighted by atomic mass is 16.2. The Morgan fingerprint density at radius 3 is 2.67 bits per heavy atom. The van der Waals surface area contributed by atoms with E-state index in [9.17, 15) is 4.79 Å². The van der Waals surface area contributed by atoms with Crippen LogP contribution < -0.4 is 5.32 Å². The Morgan fingerprint density at radius 2 is 2.06 bits per heavy atom. The Labute approximate surface area is 111 Å². The zero-order chi connectivity index (χ0) is 13.0. The van der Waals surface area contributed by atoms with Crippen molar-refractivity contribution in [1.29, 1.82) is 0 Å². The van der Waals surface area contributed by atoms with E-state index in [1.807, 2.05) is 4.90 Å². The highest BCUT2D eigenvalue weighted by Gasteiger charge is 2.31. The smallest absolute Gasteiger partial charge is 0.319 e. The van der Waals surface area contributed by atoms with Crippen LogP contribution >= 0.6 is 0 Å². The van der Waals surface area contributed by atoms with Crippen LogP contribution in [0.2, 0.25) is 0 Å². The summed E-state index contributed by atoms with van der Waals surface area (Å²) in [6.45, 7) is 8.80. The fraction of sp³-hybridized carbons (Fsp3) is 0.929. The lowest BCUT2D eigenvalue weighted by atomic mass is 9.90. The number of nitrogens with zero attached hydrogens (tertiary/aromatic N) is 2. The molecule has 2 heterocycles. The van der Waals surface area contributed by atoms with Gasteiger partial charge in [-0.1, -0.05) is 0 Å². The Morgan fingerprint density at radius 1 is 1.28 bits per heavy atom. The van der Waals surface area contributed by atoms with Crippen LogP contribution in [0.25, 0.3) is 0 Å². The van der Waals surface area contributed by atoms with Crippen molar-refractivity contribution in [2.45, 2.75) is 45.6 Å². The molecule has 2 unspecified atom stereocenters. The van der Waals surface area contributed by atoms with Crippen molar-refractivity contribution < 1.29 is 4.79 Å². The lowest BCUT2D eigenvalue weighted by molar-refractivity contribution is 0.123. The molecule has 2 saturated heterocycles. The summed E-state index contributed by atoms with van der Waals surface area (Å²) in [6.07, 6.45) is 5.03. The maximum absolute atomic E-state index is 12.4. The van der Waals surface area contributed by atoms with E-state index in [1.165, 1.54) is 19.3 Å². The quantitative estimate of drug-likeness (QED) is 0.834. The topological polar surface area (TPSA) is 35.6 Å². The van der Waals surface area contributed by atoms with Gasteiger partial charge in [-0.05, 0) is 52.0 Å². The van der Waals surface area contributed by atoms with Crippen LogP contribution in [0.1, 0.15) is 39.5 Å². The number of carbonyl (C=O) groups is 1. The highest BCUT2D eigenvalue weighted by Crippen LogP contribution is 2.25. The van der Waals surface area contributed by atoms with Gasteiger partial charge < -0.3 is 15.1 Å². The molecule has 0 aliphatic carbocycles. The van der Waals surface area contributed by atoms with E-state index in [2.05, 4.69) is 24.1 Å². The molecular formula is C14H27N3O. The Hall–Kier alpha value is -0.770. The van der Waals surface area contributed by atoms with E-state index in [-0.39, 0.29) is 6.03 Å². The first kappa shape index (κ1) is 13.7. The minimum absolute atomic E-state index is 0.239. The van der Waals surface area contributed by atoms with Crippen molar-refractivity contribution in [2.24, 2.45) is 5.92 Å². The second-order valence-corrected chi connectivity index (χ2v) is 5.51. The van der Waals surface area contributed by atoms with Gasteiger partial charge in [0.15, 0.2) is 0 Å². The molecule has 2 aliphatic heterocycles. The lowest BCUT2D eigenvalue weighted by Gasteiger charge is -2.38. The average molecular weight is 253 g/mol. The molecule has 104 valence electrons. The number of hydrogen-bond acceptors (Lipinski definition) is 2. The molecule has 2 atom stereocenters. The van der Waals surface area contributed by atoms with E-state index in [0.717, 1.165) is 39.1 Å². The summed E-state index contributed by atoms with van der Waals surface area (Å²) in [6, 6.07) is 0.889. The molecule has 1 N–H and O–H groups in total. The standard InChI is InChI=1S/C14H27N3O/c1-3-16(4-2)14(18)17-10-6-7-12(11-17)13-8-5-9-15-13/h12-13,15H,3-11H2,1-2H3. The van der Waals surface area contributed by atoms with Gasteiger partial charge in [0, 0.05) is 32.2 Å². The summed E-state index contributed by atoms with van der Waals surface area (Å²) in [5.74, 6) is 0.667. The van der Waals surface area contributed by atoms with E-state index >= 15 is 0 Å². The predicted molar refractivity (Wildman–Crippen MR) is 73.6 cm³/mol. The molecule has 0 radical (unpaired) electrons. The van der Waals surface area contributed by atoms with Crippen molar-refractivity contribution in [3.05, 3.63) is 0 Å². The van der Waals surface area contributed by atoms with E-state index in [4.69, 9.17) is 0 Å². The fourth-order valence-corrected chi connectivity index (χ4v) is 3.32. The fourth-order valence-electron chi connectivity index (χ4n) is 3.32. The summed E-state index contributed by atoms with van der Waals surface area (Å²) in [4.78, 5) is 16.4. The molecule has 0 aromatic rings. The van der Waals surface area contributed by atoms with Crippen LogP contribution in [0.15, 0.2) is 0 Å². The third-order valence-electron chi connectivity index (χ3n) is 4.43. The van der Waals surface area contributed by atoms with E-state index in [0.29, 0.717) is 12.0 Å². The molecule has 18 heavy (non-hydrogen) atoms. The monoisotopic (exact) mass is 253 g/mol. The summed E-state index contributed by atoms with van der Waals surface area (Å²) in [5.41, 5.74) is 0. The van der Waals surface area contributed by atoms with Crippen molar-refractivity contribution in [2.75, 3.05) is 32.7 Å². The second-order valence-electron chi connectivity index (χ2n) is 5.51. The van der Waals surface area contributed by atoms with Crippen molar-refractivity contribution in [1.82, 2.24) is 15.1 Å². The molecule has 2 aliphatic rings. The number of urea groups is 1. The number of rotatable bonds is 3. The predicted octanol–water partition coefficient (Wildman–Crippen LogP) is 1.91. The molecule has 2 rings (SSSR count). The maximum Gasteiger partial charge on any atom is 0.319 e. The van der Waals surface area contributed by atoms with E-state index in [1.54, 1.807) is 0 Å². The molecule has 2 amide bonds. The normalized spacial score (nSPS) is 28.4. The van der Waals surface area contributed by atoms with Crippen LogP contribution in [0.4, 0.5) is 4.79 Å². The average Bonchev–Trinajstić information content (AvgIpc) is 2.94. The summed E-state index contributed by atoms with van der Waals surface area (Å²) in [5, 5.41) is 3.59. The molecule has 0 saturated carbocycles. The van der Waals surface area contributed by atoms with Gasteiger partial charge >= 0.3 is 6.03 Å². The van der Waals surface area contributed by atoms with Crippen molar-refractivity contribution in [3.63, 3.8) is 0 Å². The Balaban J connectivity index is 1.91. The van der Waals surface area contributed by atoms with Gasteiger partial charge in [-0.3, -0.25) is 0 Å². The lowest BCUT2D eigenvalue weighted by Crippen LogP contribution is -2.50. The first-order valence-electron chi connectivity index (χ1n) is 7.53. The number of likely N-dealkylation sites (tertiary alicyclic amines) is 1. The van der Waals surface area contributed by atoms with Gasteiger partial charge in [-0.15, -0.1) is 0 Å². The highest BCUT2D eigenvalue weighted by molar-refractivity contribution is 5.74. The zero-order valence-electron chi connectivity index (χ0n) is 11.8. The van der Waals surface area contributed by atoms with Gasteiger partial charge in [0.1, 0.15) is 0 Å². The van der Waals surface area contributed by atoms with Crippen LogP contribution in [0.3, 0.4) is 0 Å². The van der Waals surface area contributed by atoms with Crippen LogP contribution in [-0.4, -0.2) is 54.6 Å². The summed E-state index contributed by atoms with van der Waals surface area (Å²) in [7, 11) is 0. The van der Waals surface area contributed by atoms with Crippen molar-refractivity contribution >= 4 is 6.03 Å². The van der Waals surface area contributed by atoms with Crippen LogP contribution in [0.5, 0.6) is 0 Å². The Bertz CT molecular complexity index is 272. The molecule has 4 nitrogen and oxygen atoms in total. The Kier molecular flexibility index (Phi) is 4.87. The van der Waals surface area contributed by atoms with Crippen LogP contribution in [-0.2, 0) is 0 Å². The first-order valence-corrected chi connectivity index (χ1v) is 7.53. The first-order chi connectivity index (χ1) is 8.76. The molecule has 0 spiro atoms. The third-order valence-corrected chi connectivity index (χ3v) is 4.43. The molecule has 4 heteroatoms. The zero-order valence-corrected chi connectivity index (χ0v) is 11.8. The molecular weight excluding hydrogens is 226 g/mol. The van der Waals surface area contributed by atoms with Crippen molar-refractivity contribution in [3.8, 4) is 0 Å². The number of amides is 2. The van der Waals surface area contributed by atoms with Gasteiger partial charge in [0.05, 0.1) is 0 Å². The SMILES string of the molecule is CCN(CC)C(=O)N1CCCC(C2CCCN2)C1. The number of piperidine rings is 1. The second kappa shape index (κ2) is 6.41. The molecule has 2 fully saturated rings. The maximum atomic E-state index is 12.4. The number of nitrogens with one attached hydrogen (secondary N) is 1. The minimum atomic E-state index is 0.239. The molecule has 0 aromatic carbocycles. The van der Waals surface area contributed by atoms with E-state index < -0.39 is 0 Å². The van der Waals surface area contributed by atoms with Crippen LogP contribution in [0, 0.1) is 5.92 Å². The van der Waals surface area contributed by atoms with Gasteiger partial charge in [-0.2, -0.15) is 0 Å². The third kappa shape index (κ3) is 2.97. The number of carbonyl (C=O) groups excluding carboxylic acids is 1. The molecule has 0 bridgehead atoms. The summed E-state index contributed by atoms with van der Waals surface area (Å²) >= 11 is 0. The van der Waals surface area contributed by atoms with Gasteiger partial charge in [0.2, 0.25) is 0 Å².